The molecule has 0 unspecified atom stereocenters. The smallest absolute Gasteiger partial charge is 0.165 e. The first-order chi connectivity index (χ1) is 9.15. The molecular formula is C13H14N4OS. The van der Waals surface area contributed by atoms with Crippen molar-refractivity contribution in [3.63, 3.8) is 0 Å². The normalized spacial score (nSPS) is 11.3. The zero-order chi connectivity index (χ0) is 13.4. The molecule has 0 atom stereocenters. The lowest BCUT2D eigenvalue weighted by Gasteiger charge is -2.07. The number of benzene rings is 1. The molecule has 0 aliphatic rings. The van der Waals surface area contributed by atoms with E-state index in [9.17, 15) is 0 Å². The maximum absolute atomic E-state index is 6.07. The van der Waals surface area contributed by atoms with Gasteiger partial charge in [0.15, 0.2) is 11.5 Å². The Balaban J connectivity index is 1.93. The molecule has 0 spiro atoms. The zero-order valence-corrected chi connectivity index (χ0v) is 11.5. The van der Waals surface area contributed by atoms with Gasteiger partial charge in [-0.25, -0.2) is 4.98 Å². The van der Waals surface area contributed by atoms with E-state index < -0.39 is 0 Å². The molecule has 0 aliphatic heterocycles. The number of nitrogens with two attached hydrogens (primary N) is 1. The monoisotopic (exact) mass is 274 g/mol. The molecular weight excluding hydrogens is 260 g/mol. The van der Waals surface area contributed by atoms with E-state index in [0.717, 1.165) is 10.2 Å². The van der Waals surface area contributed by atoms with Gasteiger partial charge in [-0.15, -0.1) is 11.3 Å². The van der Waals surface area contributed by atoms with Crippen molar-refractivity contribution in [3.05, 3.63) is 30.0 Å². The second-order valence-corrected chi connectivity index (χ2v) is 5.41. The van der Waals surface area contributed by atoms with E-state index in [2.05, 4.69) is 23.9 Å². The van der Waals surface area contributed by atoms with Crippen molar-refractivity contribution in [2.75, 3.05) is 5.73 Å². The van der Waals surface area contributed by atoms with E-state index in [1.54, 1.807) is 23.0 Å². The van der Waals surface area contributed by atoms with Gasteiger partial charge in [-0.2, -0.15) is 5.10 Å². The molecule has 0 amide bonds. The van der Waals surface area contributed by atoms with Crippen molar-refractivity contribution in [3.8, 4) is 11.5 Å². The van der Waals surface area contributed by atoms with E-state index in [1.807, 2.05) is 23.0 Å². The summed E-state index contributed by atoms with van der Waals surface area (Å²) in [6, 6.07) is 4.13. The van der Waals surface area contributed by atoms with E-state index in [1.165, 1.54) is 0 Å². The fourth-order valence-electron chi connectivity index (χ4n) is 1.81. The van der Waals surface area contributed by atoms with Gasteiger partial charge in [-0.3, -0.25) is 4.68 Å². The Morgan fingerprint density at radius 2 is 2.21 bits per heavy atom. The van der Waals surface area contributed by atoms with Crippen LogP contribution >= 0.6 is 11.3 Å². The van der Waals surface area contributed by atoms with E-state index in [4.69, 9.17) is 10.5 Å². The first kappa shape index (κ1) is 12.0. The van der Waals surface area contributed by atoms with Crippen LogP contribution in [-0.2, 0) is 0 Å². The van der Waals surface area contributed by atoms with Crippen LogP contribution in [0, 0.1) is 0 Å². The van der Waals surface area contributed by atoms with Crippen LogP contribution in [0.15, 0.2) is 30.0 Å². The van der Waals surface area contributed by atoms with Crippen molar-refractivity contribution in [2.24, 2.45) is 0 Å². The van der Waals surface area contributed by atoms with E-state index >= 15 is 0 Å². The Hall–Kier alpha value is -2.08. The maximum Gasteiger partial charge on any atom is 0.165 e. The predicted octanol–water partition coefficient (Wildman–Crippen LogP) is 3.45. The molecule has 0 radical (unpaired) electrons. The Labute approximate surface area is 114 Å². The highest BCUT2D eigenvalue weighted by atomic mass is 32.1. The summed E-state index contributed by atoms with van der Waals surface area (Å²) in [5.41, 5.74) is 9.21. The second-order valence-electron chi connectivity index (χ2n) is 4.53. The highest BCUT2D eigenvalue weighted by Crippen LogP contribution is 2.34. The Morgan fingerprint density at radius 1 is 1.37 bits per heavy atom. The topological polar surface area (TPSA) is 66.0 Å². The van der Waals surface area contributed by atoms with Crippen molar-refractivity contribution in [2.45, 2.75) is 19.9 Å². The average Bonchev–Trinajstić information content (AvgIpc) is 3.01. The average molecular weight is 274 g/mol. The van der Waals surface area contributed by atoms with Gasteiger partial charge in [-0.1, -0.05) is 0 Å². The van der Waals surface area contributed by atoms with Crippen LogP contribution in [-0.4, -0.2) is 14.8 Å². The van der Waals surface area contributed by atoms with Crippen LogP contribution in [0.2, 0.25) is 0 Å². The van der Waals surface area contributed by atoms with Crippen LogP contribution in [0.5, 0.6) is 11.5 Å². The summed E-state index contributed by atoms with van der Waals surface area (Å²) in [4.78, 5) is 4.25. The minimum atomic E-state index is 0.302. The molecule has 98 valence electrons. The lowest BCUT2D eigenvalue weighted by Crippen LogP contribution is -1.99. The third-order valence-electron chi connectivity index (χ3n) is 2.84. The number of aromatic nitrogens is 3. The lowest BCUT2D eigenvalue weighted by molar-refractivity contribution is 0.479. The van der Waals surface area contributed by atoms with Gasteiger partial charge in [0.25, 0.3) is 0 Å². The quantitative estimate of drug-likeness (QED) is 0.743. The summed E-state index contributed by atoms with van der Waals surface area (Å²) in [7, 11) is 0. The Kier molecular flexibility index (Phi) is 2.87. The molecule has 2 heterocycles. The van der Waals surface area contributed by atoms with Crippen LogP contribution < -0.4 is 10.5 Å². The summed E-state index contributed by atoms with van der Waals surface area (Å²) in [6.45, 7) is 4.12. The summed E-state index contributed by atoms with van der Waals surface area (Å²) in [5, 5.41) is 4.23. The van der Waals surface area contributed by atoms with Crippen molar-refractivity contribution < 1.29 is 4.74 Å². The highest BCUT2D eigenvalue weighted by Gasteiger charge is 2.10. The largest absolute Gasteiger partial charge is 0.452 e. The SMILES string of the molecule is CC(C)n1cc(Oc2ccc3scnc3c2N)cn1. The molecule has 2 N–H and O–H groups in total. The van der Waals surface area contributed by atoms with Gasteiger partial charge in [0, 0.05) is 6.04 Å². The van der Waals surface area contributed by atoms with Crippen molar-refractivity contribution >= 4 is 27.2 Å². The minimum Gasteiger partial charge on any atom is -0.452 e. The molecule has 0 fully saturated rings. The molecule has 3 aromatic rings. The minimum absolute atomic E-state index is 0.302. The molecule has 0 bridgehead atoms. The molecule has 0 saturated heterocycles. The second kappa shape index (κ2) is 4.55. The number of hydrogen-bond donors (Lipinski definition) is 1. The third kappa shape index (κ3) is 2.15. The van der Waals surface area contributed by atoms with Crippen LogP contribution in [0.1, 0.15) is 19.9 Å². The van der Waals surface area contributed by atoms with Gasteiger partial charge in [0.2, 0.25) is 0 Å². The van der Waals surface area contributed by atoms with Crippen LogP contribution in [0.3, 0.4) is 0 Å². The Morgan fingerprint density at radius 3 is 2.95 bits per heavy atom. The number of ether oxygens (including phenoxy) is 1. The first-order valence-electron chi connectivity index (χ1n) is 5.99. The molecule has 5 nitrogen and oxygen atoms in total. The fraction of sp³-hybridized carbons (Fsp3) is 0.231. The van der Waals surface area contributed by atoms with E-state index in [0.29, 0.717) is 23.2 Å². The first-order valence-corrected chi connectivity index (χ1v) is 6.87. The standard InChI is InChI=1S/C13H14N4OS/c1-8(2)17-6-9(5-16-17)18-10-3-4-11-13(12(10)14)15-7-19-11/h3-8H,14H2,1-2H3. The fourth-order valence-corrected chi connectivity index (χ4v) is 2.50. The van der Waals surface area contributed by atoms with Crippen molar-refractivity contribution in [1.82, 2.24) is 14.8 Å². The number of nitrogens with zero attached hydrogens (tertiary/aromatic N) is 3. The predicted molar refractivity (Wildman–Crippen MR) is 76.7 cm³/mol. The number of fused-ring (bicyclic) bond motifs is 1. The summed E-state index contributed by atoms with van der Waals surface area (Å²) >= 11 is 1.56. The van der Waals surface area contributed by atoms with Gasteiger partial charge in [-0.05, 0) is 26.0 Å². The number of nitrogen functional groups attached to an aromatic ring is 1. The molecule has 6 heteroatoms. The molecule has 3 rings (SSSR count). The van der Waals surface area contributed by atoms with Gasteiger partial charge >= 0.3 is 0 Å². The number of anilines is 1. The number of rotatable bonds is 3. The maximum atomic E-state index is 6.07. The van der Waals surface area contributed by atoms with Crippen LogP contribution in [0.4, 0.5) is 5.69 Å². The number of thiazole rings is 1. The highest BCUT2D eigenvalue weighted by molar-refractivity contribution is 7.16. The molecule has 19 heavy (non-hydrogen) atoms. The third-order valence-corrected chi connectivity index (χ3v) is 3.63. The van der Waals surface area contributed by atoms with Gasteiger partial charge < -0.3 is 10.5 Å². The van der Waals surface area contributed by atoms with E-state index in [-0.39, 0.29) is 0 Å². The molecule has 0 aliphatic carbocycles. The lowest BCUT2D eigenvalue weighted by atomic mass is 10.2. The summed E-state index contributed by atoms with van der Waals surface area (Å²) < 4.78 is 8.67. The molecule has 2 aromatic heterocycles. The van der Waals surface area contributed by atoms with Gasteiger partial charge in [0.1, 0.15) is 11.2 Å². The Bertz CT molecular complexity index is 716. The molecule has 1 aromatic carbocycles. The summed E-state index contributed by atoms with van der Waals surface area (Å²) in [6.07, 6.45) is 3.54. The number of hydrogen-bond acceptors (Lipinski definition) is 5. The summed E-state index contributed by atoms with van der Waals surface area (Å²) in [5.74, 6) is 1.29. The van der Waals surface area contributed by atoms with Gasteiger partial charge in [0.05, 0.1) is 22.6 Å². The van der Waals surface area contributed by atoms with Crippen LogP contribution in [0.25, 0.3) is 10.2 Å². The zero-order valence-electron chi connectivity index (χ0n) is 10.7. The molecule has 0 saturated carbocycles. The van der Waals surface area contributed by atoms with Crippen molar-refractivity contribution in [1.29, 1.82) is 0 Å².